The molecule has 0 spiro atoms. The normalized spacial score (nSPS) is 17.0. The van der Waals surface area contributed by atoms with E-state index in [1.807, 2.05) is 11.4 Å². The van der Waals surface area contributed by atoms with Crippen molar-refractivity contribution in [1.82, 2.24) is 5.32 Å². The predicted octanol–water partition coefficient (Wildman–Crippen LogP) is 3.08. The molecule has 0 radical (unpaired) electrons. The maximum Gasteiger partial charge on any atom is 0.265 e. The Morgan fingerprint density at radius 3 is 2.48 bits per heavy atom. The summed E-state index contributed by atoms with van der Waals surface area (Å²) in [7, 11) is 0. The molecule has 1 aromatic carbocycles. The van der Waals surface area contributed by atoms with Gasteiger partial charge >= 0.3 is 0 Å². The van der Waals surface area contributed by atoms with E-state index in [-0.39, 0.29) is 11.8 Å². The highest BCUT2D eigenvalue weighted by atomic mass is 32.1. The Labute approximate surface area is 139 Å². The molecule has 1 atom stereocenters. The number of benzene rings is 1. The van der Waals surface area contributed by atoms with E-state index in [4.69, 9.17) is 0 Å². The van der Waals surface area contributed by atoms with E-state index >= 15 is 0 Å². The SMILES string of the molecule is O=C(CC1CCCN1)Nc1ccc(NC(=O)c2cccs2)cc1. The lowest BCUT2D eigenvalue weighted by atomic mass is 10.1. The molecule has 1 aromatic heterocycles. The van der Waals surface area contributed by atoms with Gasteiger partial charge < -0.3 is 16.0 Å². The number of thiophene rings is 1. The largest absolute Gasteiger partial charge is 0.326 e. The molecule has 6 heteroatoms. The van der Waals surface area contributed by atoms with Gasteiger partial charge in [0.15, 0.2) is 0 Å². The summed E-state index contributed by atoms with van der Waals surface area (Å²) in [4.78, 5) is 24.6. The Hall–Kier alpha value is -2.18. The molecule has 1 unspecified atom stereocenters. The number of hydrogen-bond donors (Lipinski definition) is 3. The van der Waals surface area contributed by atoms with E-state index < -0.39 is 0 Å². The fourth-order valence-corrected chi connectivity index (χ4v) is 3.22. The molecular formula is C17H19N3O2S. The zero-order valence-corrected chi connectivity index (χ0v) is 13.5. The number of nitrogens with one attached hydrogen (secondary N) is 3. The minimum Gasteiger partial charge on any atom is -0.326 e. The van der Waals surface area contributed by atoms with Crippen LogP contribution in [0.1, 0.15) is 28.9 Å². The van der Waals surface area contributed by atoms with Gasteiger partial charge in [-0.25, -0.2) is 0 Å². The molecule has 3 N–H and O–H groups in total. The number of rotatable bonds is 5. The van der Waals surface area contributed by atoms with E-state index in [0.717, 1.165) is 25.1 Å². The van der Waals surface area contributed by atoms with Gasteiger partial charge in [0.05, 0.1) is 4.88 Å². The number of carbonyl (C=O) groups excluding carboxylic acids is 2. The Bertz CT molecular complexity index is 662. The van der Waals surface area contributed by atoms with Gasteiger partial charge in [0, 0.05) is 23.8 Å². The summed E-state index contributed by atoms with van der Waals surface area (Å²) in [5.41, 5.74) is 1.45. The van der Waals surface area contributed by atoms with Gasteiger partial charge in [0.25, 0.3) is 5.91 Å². The highest BCUT2D eigenvalue weighted by Gasteiger charge is 2.17. The molecule has 3 rings (SSSR count). The van der Waals surface area contributed by atoms with Crippen LogP contribution in [-0.4, -0.2) is 24.4 Å². The van der Waals surface area contributed by atoms with Crippen LogP contribution in [0.2, 0.25) is 0 Å². The molecule has 1 saturated heterocycles. The molecule has 0 aliphatic carbocycles. The summed E-state index contributed by atoms with van der Waals surface area (Å²) in [6, 6.07) is 11.1. The second-order valence-corrected chi connectivity index (χ2v) is 6.50. The van der Waals surface area contributed by atoms with E-state index in [2.05, 4.69) is 16.0 Å². The maximum atomic E-state index is 12.0. The highest BCUT2D eigenvalue weighted by molar-refractivity contribution is 7.12. The smallest absolute Gasteiger partial charge is 0.265 e. The molecule has 5 nitrogen and oxygen atoms in total. The fourth-order valence-electron chi connectivity index (χ4n) is 2.60. The second-order valence-electron chi connectivity index (χ2n) is 5.55. The number of hydrogen-bond acceptors (Lipinski definition) is 4. The molecule has 2 aromatic rings. The summed E-state index contributed by atoms with van der Waals surface area (Å²) in [6.07, 6.45) is 2.69. The lowest BCUT2D eigenvalue weighted by molar-refractivity contribution is -0.116. The molecule has 2 amide bonds. The average Bonchev–Trinajstić information content (AvgIpc) is 3.22. The Kier molecular flexibility index (Phi) is 5.05. The Morgan fingerprint density at radius 2 is 1.87 bits per heavy atom. The number of anilines is 2. The van der Waals surface area contributed by atoms with Crippen molar-refractivity contribution < 1.29 is 9.59 Å². The fraction of sp³-hybridized carbons (Fsp3) is 0.294. The van der Waals surface area contributed by atoms with Crippen LogP contribution in [0.3, 0.4) is 0 Å². The van der Waals surface area contributed by atoms with Gasteiger partial charge in [0.2, 0.25) is 5.91 Å². The van der Waals surface area contributed by atoms with Crippen LogP contribution in [0.15, 0.2) is 41.8 Å². The van der Waals surface area contributed by atoms with Crippen molar-refractivity contribution in [2.45, 2.75) is 25.3 Å². The van der Waals surface area contributed by atoms with Gasteiger partial charge in [-0.1, -0.05) is 6.07 Å². The summed E-state index contributed by atoms with van der Waals surface area (Å²) < 4.78 is 0. The molecular weight excluding hydrogens is 310 g/mol. The quantitative estimate of drug-likeness (QED) is 0.789. The van der Waals surface area contributed by atoms with Crippen molar-refractivity contribution in [3.8, 4) is 0 Å². The standard InChI is InChI=1S/C17H19N3O2S/c21-16(11-14-3-1-9-18-14)19-12-5-7-13(8-6-12)20-17(22)15-4-2-10-23-15/h2,4-8,10,14,18H,1,3,9,11H2,(H,19,21)(H,20,22). The Morgan fingerprint density at radius 1 is 1.13 bits per heavy atom. The van der Waals surface area contributed by atoms with E-state index in [1.54, 1.807) is 30.3 Å². The molecule has 1 fully saturated rings. The third kappa shape index (κ3) is 4.40. The van der Waals surface area contributed by atoms with Gasteiger partial charge in [-0.3, -0.25) is 9.59 Å². The van der Waals surface area contributed by atoms with E-state index in [1.165, 1.54) is 11.3 Å². The third-order valence-electron chi connectivity index (χ3n) is 3.77. The van der Waals surface area contributed by atoms with Crippen molar-refractivity contribution in [3.05, 3.63) is 46.7 Å². The third-order valence-corrected chi connectivity index (χ3v) is 4.63. The van der Waals surface area contributed by atoms with Gasteiger partial charge in [0.1, 0.15) is 0 Å². The van der Waals surface area contributed by atoms with Crippen LogP contribution in [0.25, 0.3) is 0 Å². The monoisotopic (exact) mass is 329 g/mol. The molecule has 0 bridgehead atoms. The van der Waals surface area contributed by atoms with Gasteiger partial charge in [-0.2, -0.15) is 0 Å². The topological polar surface area (TPSA) is 70.2 Å². The first kappa shape index (κ1) is 15.7. The summed E-state index contributed by atoms with van der Waals surface area (Å²) in [5.74, 6) is -0.108. The van der Waals surface area contributed by atoms with Crippen molar-refractivity contribution in [2.24, 2.45) is 0 Å². The first-order valence-corrected chi connectivity index (χ1v) is 8.57. The minimum absolute atomic E-state index is 0.0137. The minimum atomic E-state index is -0.121. The number of carbonyl (C=O) groups is 2. The van der Waals surface area contributed by atoms with Crippen molar-refractivity contribution in [2.75, 3.05) is 17.2 Å². The van der Waals surface area contributed by atoms with Crippen molar-refractivity contribution in [3.63, 3.8) is 0 Å². The Balaban J connectivity index is 1.52. The van der Waals surface area contributed by atoms with E-state index in [0.29, 0.717) is 23.0 Å². The van der Waals surface area contributed by atoms with Crippen LogP contribution in [-0.2, 0) is 4.79 Å². The van der Waals surface area contributed by atoms with Crippen LogP contribution >= 0.6 is 11.3 Å². The summed E-state index contributed by atoms with van der Waals surface area (Å²) >= 11 is 1.40. The van der Waals surface area contributed by atoms with Crippen LogP contribution in [0, 0.1) is 0 Å². The zero-order valence-electron chi connectivity index (χ0n) is 12.7. The first-order valence-electron chi connectivity index (χ1n) is 7.69. The predicted molar refractivity (Wildman–Crippen MR) is 93.0 cm³/mol. The highest BCUT2D eigenvalue weighted by Crippen LogP contribution is 2.17. The first-order chi connectivity index (χ1) is 11.2. The van der Waals surface area contributed by atoms with Gasteiger partial charge in [-0.15, -0.1) is 11.3 Å². The average molecular weight is 329 g/mol. The lowest BCUT2D eigenvalue weighted by Crippen LogP contribution is -2.27. The van der Waals surface area contributed by atoms with Crippen LogP contribution in [0.5, 0.6) is 0 Å². The zero-order chi connectivity index (χ0) is 16.1. The van der Waals surface area contributed by atoms with E-state index in [9.17, 15) is 9.59 Å². The second kappa shape index (κ2) is 7.39. The lowest BCUT2D eigenvalue weighted by Gasteiger charge is -2.11. The molecule has 23 heavy (non-hydrogen) atoms. The molecule has 2 heterocycles. The van der Waals surface area contributed by atoms with Crippen LogP contribution < -0.4 is 16.0 Å². The number of amides is 2. The van der Waals surface area contributed by atoms with Crippen molar-refractivity contribution >= 4 is 34.5 Å². The maximum absolute atomic E-state index is 12.0. The van der Waals surface area contributed by atoms with Crippen LogP contribution in [0.4, 0.5) is 11.4 Å². The summed E-state index contributed by atoms with van der Waals surface area (Å²) in [5, 5.41) is 10.9. The summed E-state index contributed by atoms with van der Waals surface area (Å²) in [6.45, 7) is 0.997. The molecule has 120 valence electrons. The molecule has 1 aliphatic heterocycles. The van der Waals surface area contributed by atoms with Gasteiger partial charge in [-0.05, 0) is 55.1 Å². The molecule has 1 aliphatic rings. The molecule has 0 saturated carbocycles. The van der Waals surface area contributed by atoms with Crippen molar-refractivity contribution in [1.29, 1.82) is 0 Å².